The predicted molar refractivity (Wildman–Crippen MR) is 132 cm³/mol. The average Bonchev–Trinajstić information content (AvgIpc) is 3.23. The molecular formula is C23H35Cl2F2N5O2. The summed E-state index contributed by atoms with van der Waals surface area (Å²) in [5.41, 5.74) is 0.651. The van der Waals surface area contributed by atoms with Gasteiger partial charge in [-0.15, -0.1) is 24.8 Å². The van der Waals surface area contributed by atoms with Crippen LogP contribution in [0.5, 0.6) is 0 Å². The number of pyridine rings is 1. The van der Waals surface area contributed by atoms with Crippen LogP contribution in [0.25, 0.3) is 0 Å². The maximum Gasteiger partial charge on any atom is 0.287 e. The number of hydrogen-bond donors (Lipinski definition) is 1. The molecule has 0 unspecified atom stereocenters. The number of alkyl halides is 2. The van der Waals surface area contributed by atoms with Gasteiger partial charge in [0.05, 0.1) is 12.2 Å². The van der Waals surface area contributed by atoms with E-state index in [1.165, 1.54) is 12.3 Å². The standard InChI is InChI=1S/C23H33F2N5O2.2ClH/c1-15-11-29(16(9-26-15)12-28-7-5-6-20(28)31)13-21(32)30-14-22(2,3)17-10-27-19(8-18(17)30)23(4,24)25;;/h8,10,15-16,26H,5-7,9,11-14H2,1-4H3;2*1H/t15-,16-;;/m1../s1. The highest BCUT2D eigenvalue weighted by molar-refractivity contribution is 5.97. The first kappa shape index (κ1) is 28.7. The van der Waals surface area contributed by atoms with Crippen LogP contribution in [0, 0.1) is 0 Å². The van der Waals surface area contributed by atoms with Crippen LogP contribution in [0.4, 0.5) is 14.5 Å². The number of amides is 2. The van der Waals surface area contributed by atoms with Crippen LogP contribution in [-0.2, 0) is 20.9 Å². The molecule has 2 atom stereocenters. The molecule has 0 spiro atoms. The third-order valence-electron chi connectivity index (χ3n) is 6.87. The zero-order valence-corrected chi connectivity index (χ0v) is 21.8. The number of aromatic nitrogens is 1. The summed E-state index contributed by atoms with van der Waals surface area (Å²) in [5.74, 6) is -3.01. The topological polar surface area (TPSA) is 68.8 Å². The van der Waals surface area contributed by atoms with Crippen molar-refractivity contribution >= 4 is 42.3 Å². The monoisotopic (exact) mass is 521 g/mol. The molecule has 1 aromatic rings. The van der Waals surface area contributed by atoms with E-state index in [1.807, 2.05) is 18.7 Å². The van der Waals surface area contributed by atoms with E-state index in [0.29, 0.717) is 38.3 Å². The molecule has 0 aromatic carbocycles. The highest BCUT2D eigenvalue weighted by atomic mass is 35.5. The minimum absolute atomic E-state index is 0. The van der Waals surface area contributed by atoms with Crippen LogP contribution in [0.3, 0.4) is 0 Å². The highest BCUT2D eigenvalue weighted by Gasteiger charge is 2.41. The number of piperazine rings is 1. The molecule has 0 bridgehead atoms. The lowest BCUT2D eigenvalue weighted by atomic mass is 9.88. The number of carbonyl (C=O) groups excluding carboxylic acids is 2. The fourth-order valence-electron chi connectivity index (χ4n) is 5.03. The van der Waals surface area contributed by atoms with Crippen LogP contribution in [0.1, 0.15) is 51.8 Å². The number of hydrogen-bond acceptors (Lipinski definition) is 5. The smallest absolute Gasteiger partial charge is 0.287 e. The predicted octanol–water partition coefficient (Wildman–Crippen LogP) is 2.95. The Labute approximate surface area is 212 Å². The summed E-state index contributed by atoms with van der Waals surface area (Å²) in [4.78, 5) is 35.2. The third-order valence-corrected chi connectivity index (χ3v) is 6.87. The van der Waals surface area contributed by atoms with Crippen LogP contribution in [-0.4, -0.2) is 78.0 Å². The zero-order valence-electron chi connectivity index (χ0n) is 20.1. The summed E-state index contributed by atoms with van der Waals surface area (Å²) < 4.78 is 27.8. The van der Waals surface area contributed by atoms with Gasteiger partial charge >= 0.3 is 0 Å². The van der Waals surface area contributed by atoms with Gasteiger partial charge in [-0.1, -0.05) is 13.8 Å². The van der Waals surface area contributed by atoms with Crippen molar-refractivity contribution in [3.63, 3.8) is 0 Å². The van der Waals surface area contributed by atoms with Crippen molar-refractivity contribution in [2.24, 2.45) is 0 Å². The Kier molecular flexibility index (Phi) is 8.94. The summed E-state index contributed by atoms with van der Waals surface area (Å²) in [7, 11) is 0. The second kappa shape index (κ2) is 10.6. The molecule has 0 saturated carbocycles. The van der Waals surface area contributed by atoms with Gasteiger partial charge in [-0.3, -0.25) is 19.5 Å². The fourth-order valence-corrected chi connectivity index (χ4v) is 5.03. The first-order valence-corrected chi connectivity index (χ1v) is 11.4. The molecule has 3 aliphatic rings. The van der Waals surface area contributed by atoms with Crippen molar-refractivity contribution < 1.29 is 18.4 Å². The highest BCUT2D eigenvalue weighted by Crippen LogP contribution is 2.42. The van der Waals surface area contributed by atoms with Crippen LogP contribution >= 0.6 is 24.8 Å². The minimum atomic E-state index is -3.07. The minimum Gasteiger partial charge on any atom is -0.341 e. The van der Waals surface area contributed by atoms with Gasteiger partial charge in [-0.25, -0.2) is 0 Å². The number of likely N-dealkylation sites (tertiary alicyclic amines) is 1. The Morgan fingerprint density at radius 1 is 1.32 bits per heavy atom. The Bertz CT molecular complexity index is 912. The number of fused-ring (bicyclic) bond motifs is 1. The van der Waals surface area contributed by atoms with E-state index in [0.717, 1.165) is 25.5 Å². The van der Waals surface area contributed by atoms with Crippen LogP contribution in [0.15, 0.2) is 12.3 Å². The van der Waals surface area contributed by atoms with E-state index >= 15 is 0 Å². The number of halogens is 4. The second-order valence-corrected chi connectivity index (χ2v) is 10.2. The summed E-state index contributed by atoms with van der Waals surface area (Å²) >= 11 is 0. The fraction of sp³-hybridized carbons (Fsp3) is 0.696. The molecule has 1 aromatic heterocycles. The molecule has 0 radical (unpaired) electrons. The summed E-state index contributed by atoms with van der Waals surface area (Å²) in [5, 5.41) is 3.45. The van der Waals surface area contributed by atoms with E-state index in [4.69, 9.17) is 0 Å². The number of carbonyl (C=O) groups is 2. The van der Waals surface area contributed by atoms with E-state index in [1.54, 1.807) is 4.90 Å². The van der Waals surface area contributed by atoms with E-state index in [9.17, 15) is 18.4 Å². The maximum atomic E-state index is 13.9. The quantitative estimate of drug-likeness (QED) is 0.645. The van der Waals surface area contributed by atoms with Crippen molar-refractivity contribution in [2.75, 3.05) is 44.2 Å². The van der Waals surface area contributed by atoms with E-state index < -0.39 is 5.92 Å². The Morgan fingerprint density at radius 2 is 2.03 bits per heavy atom. The lowest BCUT2D eigenvalue weighted by Gasteiger charge is -2.41. The van der Waals surface area contributed by atoms with Crippen LogP contribution in [0.2, 0.25) is 0 Å². The largest absolute Gasteiger partial charge is 0.341 e. The normalized spacial score (nSPS) is 24.5. The number of anilines is 1. The third kappa shape index (κ3) is 5.80. The van der Waals surface area contributed by atoms with Gasteiger partial charge in [0.25, 0.3) is 5.92 Å². The zero-order chi connectivity index (χ0) is 23.3. The van der Waals surface area contributed by atoms with Gasteiger partial charge < -0.3 is 15.1 Å². The molecule has 7 nitrogen and oxygen atoms in total. The van der Waals surface area contributed by atoms with Gasteiger partial charge in [0.2, 0.25) is 11.8 Å². The Morgan fingerprint density at radius 3 is 2.65 bits per heavy atom. The van der Waals surface area contributed by atoms with Gasteiger partial charge in [-0.2, -0.15) is 8.78 Å². The summed E-state index contributed by atoms with van der Waals surface area (Å²) in [6, 6.07) is 1.63. The van der Waals surface area contributed by atoms with Gasteiger partial charge in [0, 0.05) is 75.3 Å². The van der Waals surface area contributed by atoms with Gasteiger partial charge in [0.1, 0.15) is 5.69 Å². The first-order valence-electron chi connectivity index (χ1n) is 11.4. The van der Waals surface area contributed by atoms with Crippen molar-refractivity contribution in [1.29, 1.82) is 0 Å². The summed E-state index contributed by atoms with van der Waals surface area (Å²) in [6.45, 7) is 10.3. The molecule has 34 heavy (non-hydrogen) atoms. The second-order valence-electron chi connectivity index (χ2n) is 10.2. The molecular weight excluding hydrogens is 487 g/mol. The van der Waals surface area contributed by atoms with Gasteiger partial charge in [0.15, 0.2) is 0 Å². The Balaban J connectivity index is 0.00000204. The lowest BCUT2D eigenvalue weighted by molar-refractivity contribution is -0.128. The van der Waals surface area contributed by atoms with Gasteiger partial charge in [-0.05, 0) is 19.4 Å². The molecule has 3 aliphatic heterocycles. The summed E-state index contributed by atoms with van der Waals surface area (Å²) in [6.07, 6.45) is 2.96. The SMILES string of the molecule is C[C@@H]1CN(CC(=O)N2CC(C)(C)c3cnc(C(C)(F)F)cc32)[C@@H](CN2CCCC2=O)CN1.Cl.Cl. The van der Waals surface area contributed by atoms with E-state index in [2.05, 4.69) is 22.1 Å². The molecule has 4 heterocycles. The molecule has 192 valence electrons. The van der Waals surface area contributed by atoms with Crippen molar-refractivity contribution in [3.05, 3.63) is 23.5 Å². The molecule has 2 fully saturated rings. The lowest BCUT2D eigenvalue weighted by Crippen LogP contribution is -2.60. The molecule has 11 heteroatoms. The van der Waals surface area contributed by atoms with Crippen molar-refractivity contribution in [1.82, 2.24) is 20.1 Å². The molecule has 4 rings (SSSR count). The molecule has 1 N–H and O–H groups in total. The van der Waals surface area contributed by atoms with Crippen LogP contribution < -0.4 is 10.2 Å². The maximum absolute atomic E-state index is 13.9. The van der Waals surface area contributed by atoms with Crippen molar-refractivity contribution in [3.8, 4) is 0 Å². The molecule has 2 saturated heterocycles. The Hall–Kier alpha value is -1.55. The average molecular weight is 522 g/mol. The van der Waals surface area contributed by atoms with E-state index in [-0.39, 0.29) is 66.4 Å². The number of rotatable bonds is 5. The number of nitrogens with zero attached hydrogens (tertiary/aromatic N) is 4. The first-order chi connectivity index (χ1) is 15.0. The molecule has 2 amide bonds. The van der Waals surface area contributed by atoms with Crippen molar-refractivity contribution in [2.45, 2.75) is 64.0 Å². The molecule has 0 aliphatic carbocycles. The number of nitrogens with one attached hydrogen (secondary N) is 1.